The Balaban J connectivity index is 1.68. The van der Waals surface area contributed by atoms with Crippen molar-refractivity contribution in [1.29, 1.82) is 0 Å². The van der Waals surface area contributed by atoms with Gasteiger partial charge in [-0.15, -0.1) is 0 Å². The highest BCUT2D eigenvalue weighted by Gasteiger charge is 2.42. The second-order valence-electron chi connectivity index (χ2n) is 7.76. The molecular formula is C17H30N4O2. The standard InChI is InChI=1S/C17H30N4O2/c1-3-18-15(20-10-16(2)6-8-23-13-16)21-7-4-5-17(12-21)9-14(22)19-11-17/h3-13H2,1-2H3,(H,18,20)(H,19,22). The largest absolute Gasteiger partial charge is 0.381 e. The second kappa shape index (κ2) is 6.67. The number of hydrogen-bond donors (Lipinski definition) is 2. The molecule has 3 heterocycles. The average molecular weight is 322 g/mol. The van der Waals surface area contributed by atoms with Gasteiger partial charge in [0.15, 0.2) is 5.96 Å². The Kier molecular flexibility index (Phi) is 4.80. The minimum absolute atomic E-state index is 0.103. The summed E-state index contributed by atoms with van der Waals surface area (Å²) in [5, 5.41) is 6.45. The highest BCUT2D eigenvalue weighted by Crippen LogP contribution is 2.36. The predicted octanol–water partition coefficient (Wildman–Crippen LogP) is 0.981. The van der Waals surface area contributed by atoms with Crippen LogP contribution in [0.3, 0.4) is 0 Å². The third kappa shape index (κ3) is 3.79. The molecule has 6 nitrogen and oxygen atoms in total. The fraction of sp³-hybridized carbons (Fsp3) is 0.882. The van der Waals surface area contributed by atoms with Crippen LogP contribution < -0.4 is 10.6 Å². The summed E-state index contributed by atoms with van der Waals surface area (Å²) in [6.07, 6.45) is 4.00. The monoisotopic (exact) mass is 322 g/mol. The van der Waals surface area contributed by atoms with E-state index in [2.05, 4.69) is 29.4 Å². The van der Waals surface area contributed by atoms with Crippen LogP contribution in [0.2, 0.25) is 0 Å². The van der Waals surface area contributed by atoms with Crippen LogP contribution in [0.5, 0.6) is 0 Å². The lowest BCUT2D eigenvalue weighted by atomic mass is 9.79. The number of hydrogen-bond acceptors (Lipinski definition) is 3. The lowest BCUT2D eigenvalue weighted by molar-refractivity contribution is -0.119. The van der Waals surface area contributed by atoms with Gasteiger partial charge in [-0.2, -0.15) is 0 Å². The first-order chi connectivity index (χ1) is 11.0. The van der Waals surface area contributed by atoms with Gasteiger partial charge in [0.1, 0.15) is 0 Å². The fourth-order valence-corrected chi connectivity index (χ4v) is 3.95. The number of amides is 1. The number of likely N-dealkylation sites (tertiary alicyclic amines) is 1. The second-order valence-corrected chi connectivity index (χ2v) is 7.76. The molecule has 0 radical (unpaired) electrons. The Labute approximate surface area is 139 Å². The van der Waals surface area contributed by atoms with Gasteiger partial charge in [0.25, 0.3) is 0 Å². The molecule has 0 aliphatic carbocycles. The highest BCUT2D eigenvalue weighted by atomic mass is 16.5. The Morgan fingerprint density at radius 2 is 2.35 bits per heavy atom. The van der Waals surface area contributed by atoms with Gasteiger partial charge in [0.2, 0.25) is 5.91 Å². The highest BCUT2D eigenvalue weighted by molar-refractivity contribution is 5.81. The molecule has 1 amide bonds. The molecule has 3 saturated heterocycles. The number of rotatable bonds is 3. The fourth-order valence-electron chi connectivity index (χ4n) is 3.95. The van der Waals surface area contributed by atoms with E-state index in [1.54, 1.807) is 0 Å². The van der Waals surface area contributed by atoms with Crippen molar-refractivity contribution >= 4 is 11.9 Å². The molecule has 2 atom stereocenters. The molecule has 0 aromatic carbocycles. The first kappa shape index (κ1) is 16.6. The zero-order valence-electron chi connectivity index (χ0n) is 14.5. The van der Waals surface area contributed by atoms with Crippen LogP contribution in [0.15, 0.2) is 4.99 Å². The molecule has 3 rings (SSSR count). The molecule has 6 heteroatoms. The van der Waals surface area contributed by atoms with Gasteiger partial charge in [-0.05, 0) is 26.2 Å². The topological polar surface area (TPSA) is 66.0 Å². The van der Waals surface area contributed by atoms with Gasteiger partial charge < -0.3 is 20.3 Å². The number of aliphatic imine (C=N–C) groups is 1. The van der Waals surface area contributed by atoms with Crippen molar-refractivity contribution in [3.8, 4) is 0 Å². The summed E-state index contributed by atoms with van der Waals surface area (Å²) < 4.78 is 5.54. The molecule has 23 heavy (non-hydrogen) atoms. The van der Waals surface area contributed by atoms with E-state index in [1.807, 2.05) is 0 Å². The van der Waals surface area contributed by atoms with Gasteiger partial charge in [-0.1, -0.05) is 6.92 Å². The molecule has 0 bridgehead atoms. The molecule has 0 aromatic rings. The van der Waals surface area contributed by atoms with E-state index in [4.69, 9.17) is 9.73 Å². The Hall–Kier alpha value is -1.30. The zero-order chi connectivity index (χ0) is 16.3. The quantitative estimate of drug-likeness (QED) is 0.600. The number of guanidine groups is 1. The van der Waals surface area contributed by atoms with E-state index in [9.17, 15) is 4.79 Å². The zero-order valence-corrected chi connectivity index (χ0v) is 14.5. The summed E-state index contributed by atoms with van der Waals surface area (Å²) in [4.78, 5) is 18.9. The van der Waals surface area contributed by atoms with Gasteiger partial charge >= 0.3 is 0 Å². The number of carbonyl (C=O) groups excluding carboxylic acids is 1. The van der Waals surface area contributed by atoms with Gasteiger partial charge in [-0.25, -0.2) is 0 Å². The minimum atomic E-state index is 0.103. The van der Waals surface area contributed by atoms with Gasteiger partial charge in [0, 0.05) is 50.0 Å². The van der Waals surface area contributed by atoms with Crippen molar-refractivity contribution in [1.82, 2.24) is 15.5 Å². The Morgan fingerprint density at radius 3 is 3.00 bits per heavy atom. The van der Waals surface area contributed by atoms with Crippen molar-refractivity contribution in [2.24, 2.45) is 15.8 Å². The van der Waals surface area contributed by atoms with Crippen LogP contribution in [0.25, 0.3) is 0 Å². The maximum atomic E-state index is 11.7. The maximum Gasteiger partial charge on any atom is 0.220 e. The van der Waals surface area contributed by atoms with Crippen LogP contribution in [-0.2, 0) is 9.53 Å². The molecule has 130 valence electrons. The molecule has 0 saturated carbocycles. The summed E-state index contributed by atoms with van der Waals surface area (Å²) in [6.45, 7) is 10.4. The molecule has 3 aliphatic heterocycles. The summed E-state index contributed by atoms with van der Waals surface area (Å²) in [7, 11) is 0. The maximum absolute atomic E-state index is 11.7. The van der Waals surface area contributed by atoms with E-state index in [-0.39, 0.29) is 16.7 Å². The van der Waals surface area contributed by atoms with Crippen LogP contribution >= 0.6 is 0 Å². The number of nitrogens with one attached hydrogen (secondary N) is 2. The minimum Gasteiger partial charge on any atom is -0.381 e. The van der Waals surface area contributed by atoms with Crippen molar-refractivity contribution in [2.45, 2.75) is 39.5 Å². The van der Waals surface area contributed by atoms with Crippen molar-refractivity contribution in [2.75, 3.05) is 45.9 Å². The lowest BCUT2D eigenvalue weighted by Crippen LogP contribution is -2.51. The van der Waals surface area contributed by atoms with Crippen LogP contribution in [-0.4, -0.2) is 62.7 Å². The number of ether oxygens (including phenoxy) is 1. The molecule has 2 N–H and O–H groups in total. The third-order valence-electron chi connectivity index (χ3n) is 5.40. The van der Waals surface area contributed by atoms with Crippen molar-refractivity contribution in [3.63, 3.8) is 0 Å². The average Bonchev–Trinajstić information content (AvgIpc) is 3.11. The Morgan fingerprint density at radius 1 is 1.48 bits per heavy atom. The van der Waals surface area contributed by atoms with Crippen molar-refractivity contribution in [3.05, 3.63) is 0 Å². The van der Waals surface area contributed by atoms with E-state index >= 15 is 0 Å². The van der Waals surface area contributed by atoms with Crippen LogP contribution in [0.4, 0.5) is 0 Å². The summed E-state index contributed by atoms with van der Waals surface area (Å²) in [5.41, 5.74) is 0.269. The molecule has 0 aromatic heterocycles. The molecule has 1 spiro atoms. The van der Waals surface area contributed by atoms with Gasteiger partial charge in [0.05, 0.1) is 13.2 Å². The Bertz CT molecular complexity index is 473. The van der Waals surface area contributed by atoms with E-state index in [0.717, 1.165) is 71.2 Å². The van der Waals surface area contributed by atoms with E-state index in [1.165, 1.54) is 0 Å². The normalized spacial score (nSPS) is 35.0. The van der Waals surface area contributed by atoms with Crippen LogP contribution in [0, 0.1) is 10.8 Å². The summed E-state index contributed by atoms with van der Waals surface area (Å²) in [5.74, 6) is 1.20. The smallest absolute Gasteiger partial charge is 0.220 e. The lowest BCUT2D eigenvalue weighted by Gasteiger charge is -2.41. The molecule has 3 aliphatic rings. The molecular weight excluding hydrogens is 292 g/mol. The number of carbonyl (C=O) groups is 1. The first-order valence-corrected chi connectivity index (χ1v) is 8.92. The summed E-state index contributed by atoms with van der Waals surface area (Å²) >= 11 is 0. The first-order valence-electron chi connectivity index (χ1n) is 8.92. The number of nitrogens with zero attached hydrogens (tertiary/aromatic N) is 2. The third-order valence-corrected chi connectivity index (χ3v) is 5.40. The number of piperidine rings is 1. The SMILES string of the molecule is CCNC(=NCC1(C)CCOC1)N1CCCC2(CNC(=O)C2)C1. The summed E-state index contributed by atoms with van der Waals surface area (Å²) in [6, 6.07) is 0. The van der Waals surface area contributed by atoms with E-state index in [0.29, 0.717) is 6.42 Å². The van der Waals surface area contributed by atoms with Crippen molar-refractivity contribution < 1.29 is 9.53 Å². The predicted molar refractivity (Wildman–Crippen MR) is 90.4 cm³/mol. The van der Waals surface area contributed by atoms with Gasteiger partial charge in [-0.3, -0.25) is 9.79 Å². The molecule has 2 unspecified atom stereocenters. The molecule has 3 fully saturated rings. The van der Waals surface area contributed by atoms with Crippen LogP contribution in [0.1, 0.15) is 39.5 Å². The van der Waals surface area contributed by atoms with E-state index < -0.39 is 0 Å².